The van der Waals surface area contributed by atoms with Gasteiger partial charge in [0.2, 0.25) is 11.9 Å². The number of fused-ring (bicyclic) bond motifs is 1. The van der Waals surface area contributed by atoms with Gasteiger partial charge in [0.05, 0.1) is 12.1 Å². The minimum atomic E-state index is 0.186. The van der Waals surface area contributed by atoms with Crippen LogP contribution in [0.1, 0.15) is 25.7 Å². The fourth-order valence-electron chi connectivity index (χ4n) is 4.00. The molecule has 2 aliphatic heterocycles. The molecule has 3 heterocycles. The van der Waals surface area contributed by atoms with Crippen molar-refractivity contribution in [2.24, 2.45) is 5.92 Å². The lowest BCUT2D eigenvalue weighted by molar-refractivity contribution is -0.135. The van der Waals surface area contributed by atoms with Gasteiger partial charge in [0.15, 0.2) is 0 Å². The number of nitrogens with zero attached hydrogens (tertiary/aromatic N) is 4. The van der Waals surface area contributed by atoms with E-state index in [9.17, 15) is 4.79 Å². The normalized spacial score (nSPS) is 28.4. The topological polar surface area (TPSA) is 49.3 Å². The van der Waals surface area contributed by atoms with Crippen LogP contribution in [0.4, 0.5) is 5.95 Å². The Labute approximate surface area is 124 Å². The van der Waals surface area contributed by atoms with E-state index in [2.05, 4.69) is 31.9 Å². The van der Waals surface area contributed by atoms with E-state index in [1.165, 1.54) is 0 Å². The molecule has 0 spiro atoms. The van der Waals surface area contributed by atoms with Crippen LogP contribution in [-0.2, 0) is 4.79 Å². The quantitative estimate of drug-likeness (QED) is 0.774. The van der Waals surface area contributed by atoms with Gasteiger partial charge in [-0.1, -0.05) is 12.2 Å². The fraction of sp³-hybridized carbons (Fsp3) is 0.562. The molecule has 110 valence electrons. The summed E-state index contributed by atoms with van der Waals surface area (Å²) in [5.41, 5.74) is 0. The number of carbonyl (C=O) groups is 1. The minimum Gasteiger partial charge on any atom is -0.337 e. The zero-order valence-corrected chi connectivity index (χ0v) is 12.1. The van der Waals surface area contributed by atoms with Crippen LogP contribution < -0.4 is 4.90 Å². The number of hydrogen-bond donors (Lipinski definition) is 0. The maximum atomic E-state index is 12.7. The first-order chi connectivity index (χ1) is 10.3. The summed E-state index contributed by atoms with van der Waals surface area (Å²) in [5, 5.41) is 0. The molecule has 0 radical (unpaired) electrons. The molecule has 1 aromatic rings. The van der Waals surface area contributed by atoms with Gasteiger partial charge < -0.3 is 9.80 Å². The van der Waals surface area contributed by atoms with Crippen molar-refractivity contribution in [3.05, 3.63) is 30.6 Å². The minimum absolute atomic E-state index is 0.186. The van der Waals surface area contributed by atoms with Crippen molar-refractivity contribution in [3.8, 4) is 0 Å². The highest BCUT2D eigenvalue weighted by Gasteiger charge is 2.46. The van der Waals surface area contributed by atoms with E-state index in [1.54, 1.807) is 12.4 Å². The Bertz CT molecular complexity index is 551. The third-order valence-electron chi connectivity index (χ3n) is 5.03. The van der Waals surface area contributed by atoms with Gasteiger partial charge in [-0.3, -0.25) is 4.79 Å². The van der Waals surface area contributed by atoms with Crippen molar-refractivity contribution in [2.75, 3.05) is 18.0 Å². The monoisotopic (exact) mass is 284 g/mol. The highest BCUT2D eigenvalue weighted by atomic mass is 16.2. The van der Waals surface area contributed by atoms with Gasteiger partial charge in [-0.05, 0) is 31.7 Å². The van der Waals surface area contributed by atoms with E-state index in [0.29, 0.717) is 18.0 Å². The van der Waals surface area contributed by atoms with Crippen LogP contribution in [0.25, 0.3) is 0 Å². The van der Waals surface area contributed by atoms with Gasteiger partial charge >= 0.3 is 0 Å². The third kappa shape index (κ3) is 2.11. The van der Waals surface area contributed by atoms with E-state index in [1.807, 2.05) is 6.07 Å². The summed E-state index contributed by atoms with van der Waals surface area (Å²) in [6.07, 6.45) is 11.7. The molecule has 2 saturated heterocycles. The Morgan fingerprint density at radius 1 is 1.05 bits per heavy atom. The molecule has 3 aliphatic rings. The summed E-state index contributed by atoms with van der Waals surface area (Å²) in [7, 11) is 0. The largest absolute Gasteiger partial charge is 0.337 e. The van der Waals surface area contributed by atoms with E-state index in [0.717, 1.165) is 44.7 Å². The first kappa shape index (κ1) is 12.8. The highest BCUT2D eigenvalue weighted by Crippen LogP contribution is 2.35. The maximum absolute atomic E-state index is 12.7. The predicted octanol–water partition coefficient (Wildman–Crippen LogP) is 1.62. The lowest BCUT2D eigenvalue weighted by Crippen LogP contribution is -2.42. The number of aromatic nitrogens is 2. The Kier molecular flexibility index (Phi) is 3.13. The molecule has 5 nitrogen and oxygen atoms in total. The van der Waals surface area contributed by atoms with Gasteiger partial charge in [-0.2, -0.15) is 0 Å². The zero-order valence-electron chi connectivity index (χ0n) is 12.1. The second-order valence-corrected chi connectivity index (χ2v) is 6.13. The number of amides is 1. The Morgan fingerprint density at radius 3 is 2.52 bits per heavy atom. The number of hydrogen-bond acceptors (Lipinski definition) is 4. The Morgan fingerprint density at radius 2 is 1.76 bits per heavy atom. The Hall–Kier alpha value is -1.91. The molecular weight excluding hydrogens is 264 g/mol. The van der Waals surface area contributed by atoms with Crippen molar-refractivity contribution in [3.63, 3.8) is 0 Å². The summed E-state index contributed by atoms with van der Waals surface area (Å²) >= 11 is 0. The second-order valence-electron chi connectivity index (χ2n) is 6.13. The van der Waals surface area contributed by atoms with Gasteiger partial charge in [0.25, 0.3) is 0 Å². The van der Waals surface area contributed by atoms with Gasteiger partial charge in [-0.25, -0.2) is 9.97 Å². The lowest BCUT2D eigenvalue weighted by atomic mass is 10.0. The van der Waals surface area contributed by atoms with E-state index in [4.69, 9.17) is 0 Å². The number of allylic oxidation sites excluding steroid dienone is 2. The summed E-state index contributed by atoms with van der Waals surface area (Å²) in [6, 6.07) is 2.59. The van der Waals surface area contributed by atoms with E-state index >= 15 is 0 Å². The summed E-state index contributed by atoms with van der Waals surface area (Å²) in [4.78, 5) is 25.8. The molecule has 1 amide bonds. The average Bonchev–Trinajstić information content (AvgIpc) is 3.24. The van der Waals surface area contributed by atoms with Crippen molar-refractivity contribution in [1.29, 1.82) is 0 Å². The first-order valence-electron chi connectivity index (χ1n) is 7.84. The predicted molar refractivity (Wildman–Crippen MR) is 79.8 cm³/mol. The SMILES string of the molecule is O=C(C1CC=CC1)N1CC[C@H]2[C@H]1CCN2c1ncccn1. The molecule has 4 rings (SSSR count). The van der Waals surface area contributed by atoms with Crippen LogP contribution in [0.2, 0.25) is 0 Å². The fourth-order valence-corrected chi connectivity index (χ4v) is 4.00. The number of carbonyl (C=O) groups excluding carboxylic acids is 1. The van der Waals surface area contributed by atoms with Crippen molar-refractivity contribution < 1.29 is 4.79 Å². The average molecular weight is 284 g/mol. The molecule has 0 bridgehead atoms. The van der Waals surface area contributed by atoms with Crippen molar-refractivity contribution in [1.82, 2.24) is 14.9 Å². The van der Waals surface area contributed by atoms with Crippen LogP contribution >= 0.6 is 0 Å². The van der Waals surface area contributed by atoms with Gasteiger partial charge in [0, 0.05) is 31.4 Å². The smallest absolute Gasteiger partial charge is 0.226 e. The molecule has 2 atom stereocenters. The van der Waals surface area contributed by atoms with Crippen molar-refractivity contribution in [2.45, 2.75) is 37.8 Å². The van der Waals surface area contributed by atoms with Crippen LogP contribution in [0.5, 0.6) is 0 Å². The Balaban J connectivity index is 1.49. The highest BCUT2D eigenvalue weighted by molar-refractivity contribution is 5.80. The molecule has 0 aromatic carbocycles. The third-order valence-corrected chi connectivity index (χ3v) is 5.03. The molecule has 1 aliphatic carbocycles. The molecule has 0 saturated carbocycles. The number of likely N-dealkylation sites (tertiary alicyclic amines) is 1. The van der Waals surface area contributed by atoms with Crippen LogP contribution in [0, 0.1) is 5.92 Å². The van der Waals surface area contributed by atoms with Crippen LogP contribution in [0.15, 0.2) is 30.6 Å². The van der Waals surface area contributed by atoms with E-state index < -0.39 is 0 Å². The molecule has 1 aromatic heterocycles. The summed E-state index contributed by atoms with van der Waals surface area (Å²) in [6.45, 7) is 1.83. The summed E-state index contributed by atoms with van der Waals surface area (Å²) in [5.74, 6) is 1.34. The maximum Gasteiger partial charge on any atom is 0.226 e. The first-order valence-corrected chi connectivity index (χ1v) is 7.84. The molecule has 21 heavy (non-hydrogen) atoms. The van der Waals surface area contributed by atoms with E-state index in [-0.39, 0.29) is 5.92 Å². The molecule has 5 heteroatoms. The summed E-state index contributed by atoms with van der Waals surface area (Å²) < 4.78 is 0. The molecule has 0 N–H and O–H groups in total. The molecule has 0 unspecified atom stereocenters. The van der Waals surface area contributed by atoms with Crippen molar-refractivity contribution >= 4 is 11.9 Å². The second kappa shape index (κ2) is 5.13. The molecule has 2 fully saturated rings. The van der Waals surface area contributed by atoms with Crippen LogP contribution in [0.3, 0.4) is 0 Å². The van der Waals surface area contributed by atoms with Gasteiger partial charge in [0.1, 0.15) is 0 Å². The zero-order chi connectivity index (χ0) is 14.2. The van der Waals surface area contributed by atoms with Gasteiger partial charge in [-0.15, -0.1) is 0 Å². The standard InChI is InChI=1S/C16H20N4O/c21-15(12-4-1-2-5-12)19-10-6-14-13(19)7-11-20(14)16-17-8-3-9-18-16/h1-3,8-9,12-14H,4-7,10-11H2/t13-,14+/m1/s1. The molecular formula is C16H20N4O. The number of rotatable bonds is 2. The van der Waals surface area contributed by atoms with Crippen LogP contribution in [-0.4, -0.2) is 45.9 Å². The number of anilines is 1. The lowest BCUT2D eigenvalue weighted by Gasteiger charge is -2.27.